The van der Waals surface area contributed by atoms with Crippen molar-refractivity contribution < 1.29 is 10.2 Å². The number of fused-ring (bicyclic) bond motifs is 5. The van der Waals surface area contributed by atoms with Crippen LogP contribution in [0.2, 0.25) is 0 Å². The van der Waals surface area contributed by atoms with E-state index in [0.29, 0.717) is 18.5 Å². The van der Waals surface area contributed by atoms with Gasteiger partial charge in [-0.05, 0) is 98.8 Å². The number of nitrogens with zero attached hydrogens (tertiary/aromatic N) is 3. The lowest BCUT2D eigenvalue weighted by Gasteiger charge is -2.60. The van der Waals surface area contributed by atoms with Gasteiger partial charge in [0.2, 0.25) is 0 Å². The Balaban J connectivity index is 0.000000189. The first kappa shape index (κ1) is 23.8. The van der Waals surface area contributed by atoms with Gasteiger partial charge in [-0.2, -0.15) is 0 Å². The first-order valence-electron chi connectivity index (χ1n) is 12.8. The predicted molar refractivity (Wildman–Crippen MR) is 125 cm³/mol. The molecule has 5 rings (SSSR count). The monoisotopic (exact) mass is 445 g/mol. The number of hydrogen-bond acceptors (Lipinski definition) is 6. The van der Waals surface area contributed by atoms with Crippen molar-refractivity contribution in [3.05, 3.63) is 11.9 Å². The molecule has 32 heavy (non-hydrogen) atoms. The number of rotatable bonds is 4. The average molecular weight is 446 g/mol. The number of nitrogens with one attached hydrogen (secondary N) is 1. The molecule has 7 heteroatoms. The summed E-state index contributed by atoms with van der Waals surface area (Å²) < 4.78 is 1.60. The first-order chi connectivity index (χ1) is 15.3. The Morgan fingerprint density at radius 3 is 2.66 bits per heavy atom. The Kier molecular flexibility index (Phi) is 7.08. The molecule has 7 nitrogen and oxygen atoms in total. The van der Waals surface area contributed by atoms with Crippen LogP contribution in [-0.4, -0.2) is 50.2 Å². The second kappa shape index (κ2) is 9.51. The summed E-state index contributed by atoms with van der Waals surface area (Å²) in [5.41, 5.74) is 7.90. The zero-order valence-corrected chi connectivity index (χ0v) is 20.0. The largest absolute Gasteiger partial charge is 0.394 e. The summed E-state index contributed by atoms with van der Waals surface area (Å²) in [7, 11) is 0. The molecule has 4 fully saturated rings. The van der Waals surface area contributed by atoms with Crippen molar-refractivity contribution in [1.82, 2.24) is 15.0 Å². The zero-order valence-electron chi connectivity index (χ0n) is 20.0. The Morgan fingerprint density at radius 1 is 1.12 bits per heavy atom. The molecule has 0 spiro atoms. The van der Waals surface area contributed by atoms with Crippen LogP contribution in [-0.2, 0) is 13.0 Å². The van der Waals surface area contributed by atoms with Gasteiger partial charge in [0, 0.05) is 18.3 Å². The second-order valence-electron chi connectivity index (χ2n) is 11.3. The van der Waals surface area contributed by atoms with Crippen molar-refractivity contribution >= 4 is 5.71 Å². The van der Waals surface area contributed by atoms with E-state index in [4.69, 9.17) is 16.2 Å². The highest BCUT2D eigenvalue weighted by Crippen LogP contribution is 2.65. The summed E-state index contributed by atoms with van der Waals surface area (Å²) in [6, 6.07) is 0. The topological polar surface area (TPSA) is 121 Å². The van der Waals surface area contributed by atoms with Crippen molar-refractivity contribution in [2.75, 3.05) is 13.2 Å². The van der Waals surface area contributed by atoms with Crippen LogP contribution < -0.4 is 5.73 Å². The fraction of sp³-hybridized carbons (Fsp3) is 0.880. The third-order valence-electron chi connectivity index (χ3n) is 9.79. The molecule has 1 aromatic rings. The number of aromatic nitrogens is 3. The number of hydrogen-bond donors (Lipinski definition) is 4. The van der Waals surface area contributed by atoms with Gasteiger partial charge in [0.15, 0.2) is 0 Å². The SMILES string of the molecule is C[C@]12CCC(=N)CC1CCC1C2CC[C@]2(C)C(O)CCC12.NCCc1cn(CCO)nn1. The maximum absolute atomic E-state index is 10.5. The van der Waals surface area contributed by atoms with Gasteiger partial charge >= 0.3 is 0 Å². The van der Waals surface area contributed by atoms with Crippen LogP contribution in [0.1, 0.15) is 77.3 Å². The van der Waals surface area contributed by atoms with Gasteiger partial charge in [0.25, 0.3) is 0 Å². The quantitative estimate of drug-likeness (QED) is 0.567. The molecule has 0 aromatic carbocycles. The van der Waals surface area contributed by atoms with Crippen LogP contribution in [0.5, 0.6) is 0 Å². The van der Waals surface area contributed by atoms with Gasteiger partial charge in [-0.3, -0.25) is 0 Å². The fourth-order valence-corrected chi connectivity index (χ4v) is 7.86. The Labute approximate surface area is 192 Å². The van der Waals surface area contributed by atoms with Crippen LogP contribution in [0.25, 0.3) is 0 Å². The van der Waals surface area contributed by atoms with Gasteiger partial charge in [-0.1, -0.05) is 19.1 Å². The second-order valence-corrected chi connectivity index (χ2v) is 11.3. The van der Waals surface area contributed by atoms with E-state index in [1.54, 1.807) is 10.9 Å². The predicted octanol–water partition coefficient (Wildman–Crippen LogP) is 3.18. The highest BCUT2D eigenvalue weighted by Gasteiger charge is 2.59. The molecule has 1 aromatic heterocycles. The lowest BCUT2D eigenvalue weighted by Crippen LogP contribution is -2.54. The van der Waals surface area contributed by atoms with Crippen LogP contribution in [0.15, 0.2) is 6.20 Å². The average Bonchev–Trinajstić information content (AvgIpc) is 3.33. The third kappa shape index (κ3) is 4.28. The lowest BCUT2D eigenvalue weighted by molar-refractivity contribution is -0.112. The van der Waals surface area contributed by atoms with E-state index in [2.05, 4.69) is 24.2 Å². The number of nitrogens with two attached hydrogens (primary N) is 1. The Morgan fingerprint density at radius 2 is 1.91 bits per heavy atom. The summed E-state index contributed by atoms with van der Waals surface area (Å²) in [6.45, 7) is 6.09. The minimum absolute atomic E-state index is 0.0477. The van der Waals surface area contributed by atoms with Crippen molar-refractivity contribution in [2.24, 2.45) is 40.2 Å². The molecule has 1 heterocycles. The van der Waals surface area contributed by atoms with E-state index in [9.17, 15) is 5.11 Å². The van der Waals surface area contributed by atoms with Gasteiger partial charge < -0.3 is 21.4 Å². The normalized spacial score (nSPS) is 40.7. The highest BCUT2D eigenvalue weighted by molar-refractivity contribution is 5.82. The summed E-state index contributed by atoms with van der Waals surface area (Å²) >= 11 is 0. The van der Waals surface area contributed by atoms with Gasteiger partial charge in [0.05, 0.1) is 24.9 Å². The Hall–Kier alpha value is -1.31. The molecule has 4 aliphatic rings. The van der Waals surface area contributed by atoms with Crippen LogP contribution in [0.3, 0.4) is 0 Å². The highest BCUT2D eigenvalue weighted by atomic mass is 16.3. The smallest absolute Gasteiger partial charge is 0.0839 e. The van der Waals surface area contributed by atoms with Crippen LogP contribution >= 0.6 is 0 Å². The minimum atomic E-state index is -0.0477. The first-order valence-corrected chi connectivity index (χ1v) is 12.8. The molecule has 7 atom stereocenters. The molecule has 180 valence electrons. The molecule has 5 N–H and O–H groups in total. The van der Waals surface area contributed by atoms with Crippen LogP contribution in [0, 0.1) is 39.9 Å². The van der Waals surface area contributed by atoms with Gasteiger partial charge in [0.1, 0.15) is 0 Å². The molecule has 0 aliphatic heterocycles. The number of aliphatic hydroxyl groups excluding tert-OH is 2. The van der Waals surface area contributed by atoms with E-state index in [0.717, 1.165) is 60.8 Å². The molecule has 0 radical (unpaired) electrons. The standard InChI is InChI=1S/C19H31NO.C6H12N4O/c1-18-9-7-13(20)11-12(18)3-4-14-15-5-6-17(21)19(15,2)10-8-16(14)18;7-2-1-6-5-10(3-4-11)9-8-6/h12,14-17,20-21H,3-11H2,1-2H3;5,11H,1-4,7H2/t12?,14?,15?,16?,17?,18-,19-;/m0./s1. The van der Waals surface area contributed by atoms with E-state index < -0.39 is 0 Å². The van der Waals surface area contributed by atoms with E-state index in [1.165, 1.54) is 38.5 Å². The van der Waals surface area contributed by atoms with Gasteiger partial charge in [-0.25, -0.2) is 4.68 Å². The van der Waals surface area contributed by atoms with Gasteiger partial charge in [-0.15, -0.1) is 5.10 Å². The zero-order chi connectivity index (χ0) is 22.9. The van der Waals surface area contributed by atoms with E-state index >= 15 is 0 Å². The maximum atomic E-state index is 10.5. The molecule has 4 aliphatic carbocycles. The maximum Gasteiger partial charge on any atom is 0.0839 e. The summed E-state index contributed by atoms with van der Waals surface area (Å²) in [5, 5.41) is 34.7. The third-order valence-corrected chi connectivity index (χ3v) is 9.79. The Bertz CT molecular complexity index is 777. The summed E-state index contributed by atoms with van der Waals surface area (Å²) in [5.74, 6) is 3.27. The molecular formula is C25H43N5O2. The molecule has 0 saturated heterocycles. The number of aliphatic hydroxyl groups is 2. The molecule has 0 amide bonds. The van der Waals surface area contributed by atoms with Crippen molar-refractivity contribution in [3.8, 4) is 0 Å². The van der Waals surface area contributed by atoms with E-state index in [1.807, 2.05) is 0 Å². The fourth-order valence-electron chi connectivity index (χ4n) is 7.86. The molecular weight excluding hydrogens is 402 g/mol. The molecule has 4 saturated carbocycles. The minimum Gasteiger partial charge on any atom is -0.394 e. The van der Waals surface area contributed by atoms with Crippen molar-refractivity contribution in [1.29, 1.82) is 5.41 Å². The molecule has 5 unspecified atom stereocenters. The van der Waals surface area contributed by atoms with Crippen molar-refractivity contribution in [2.45, 2.75) is 90.7 Å². The lowest BCUT2D eigenvalue weighted by atomic mass is 9.45. The summed E-state index contributed by atoms with van der Waals surface area (Å²) in [6.07, 6.45) is 13.4. The summed E-state index contributed by atoms with van der Waals surface area (Å²) in [4.78, 5) is 0. The van der Waals surface area contributed by atoms with Crippen LogP contribution in [0.4, 0.5) is 0 Å². The molecule has 0 bridgehead atoms. The van der Waals surface area contributed by atoms with Crippen molar-refractivity contribution in [3.63, 3.8) is 0 Å². The van der Waals surface area contributed by atoms with E-state index in [-0.39, 0.29) is 18.1 Å².